The number of rotatable bonds is 2. The van der Waals surface area contributed by atoms with Crippen LogP contribution in [0.4, 0.5) is 23.2 Å². The minimum absolute atomic E-state index is 0.0736. The van der Waals surface area contributed by atoms with Gasteiger partial charge in [0.1, 0.15) is 11.6 Å². The Morgan fingerprint density at radius 1 is 1.33 bits per heavy atom. The van der Waals surface area contributed by atoms with Crippen molar-refractivity contribution in [3.05, 3.63) is 23.5 Å². The van der Waals surface area contributed by atoms with Gasteiger partial charge in [0.15, 0.2) is 6.29 Å². The summed E-state index contributed by atoms with van der Waals surface area (Å²) in [6.07, 6.45) is -5.08. The van der Waals surface area contributed by atoms with Crippen LogP contribution in [0.1, 0.15) is 10.4 Å². The molecule has 2 N–H and O–H groups in total. The van der Waals surface area contributed by atoms with Gasteiger partial charge in [-0.05, 0) is 6.07 Å². The number of hydrogen-bond donors (Lipinski definition) is 1. The van der Waals surface area contributed by atoms with Gasteiger partial charge < -0.3 is 10.5 Å². The number of alkyl halides is 3. The van der Waals surface area contributed by atoms with Gasteiger partial charge in [0.25, 0.3) is 0 Å². The van der Waals surface area contributed by atoms with Crippen LogP contribution in [-0.2, 0) is 0 Å². The Hall–Kier alpha value is -1.79. The molecule has 0 fully saturated rings. The fourth-order valence-corrected chi connectivity index (χ4v) is 0.936. The molecule has 0 aliphatic rings. The zero-order valence-corrected chi connectivity index (χ0v) is 7.14. The SMILES string of the molecule is Nc1cc(F)c(C=O)c(OC(F)(F)F)c1. The lowest BCUT2D eigenvalue weighted by Crippen LogP contribution is -2.18. The van der Waals surface area contributed by atoms with E-state index in [1.165, 1.54) is 0 Å². The zero-order chi connectivity index (χ0) is 11.6. The maximum atomic E-state index is 12.9. The van der Waals surface area contributed by atoms with E-state index < -0.39 is 23.5 Å². The van der Waals surface area contributed by atoms with Gasteiger partial charge in [-0.3, -0.25) is 4.79 Å². The number of anilines is 1. The van der Waals surface area contributed by atoms with Crippen LogP contribution in [0, 0.1) is 5.82 Å². The molecule has 0 bridgehead atoms. The summed E-state index contributed by atoms with van der Waals surface area (Å²) in [6, 6.07) is 1.45. The third kappa shape index (κ3) is 2.83. The predicted octanol–water partition coefficient (Wildman–Crippen LogP) is 2.12. The number of nitrogens with two attached hydrogens (primary N) is 1. The van der Waals surface area contributed by atoms with Crippen molar-refractivity contribution in [1.82, 2.24) is 0 Å². The van der Waals surface area contributed by atoms with Gasteiger partial charge >= 0.3 is 6.36 Å². The minimum atomic E-state index is -5.00. The molecule has 7 heteroatoms. The largest absolute Gasteiger partial charge is 0.573 e. The van der Waals surface area contributed by atoms with Crippen molar-refractivity contribution < 1.29 is 27.1 Å². The summed E-state index contributed by atoms with van der Waals surface area (Å²) in [7, 11) is 0. The quantitative estimate of drug-likeness (QED) is 0.474. The molecule has 0 atom stereocenters. The highest BCUT2D eigenvalue weighted by Crippen LogP contribution is 2.29. The molecule has 1 rings (SSSR count). The molecule has 0 aromatic heterocycles. The Balaban J connectivity index is 3.21. The monoisotopic (exact) mass is 223 g/mol. The molecule has 1 aromatic rings. The summed E-state index contributed by atoms with van der Waals surface area (Å²) < 4.78 is 51.8. The van der Waals surface area contributed by atoms with Crippen LogP contribution >= 0.6 is 0 Å². The van der Waals surface area contributed by atoms with E-state index in [2.05, 4.69) is 4.74 Å². The van der Waals surface area contributed by atoms with Crippen LogP contribution in [0.3, 0.4) is 0 Å². The normalized spacial score (nSPS) is 11.2. The first kappa shape index (κ1) is 11.3. The molecule has 0 amide bonds. The average Bonchev–Trinajstić information content (AvgIpc) is 1.99. The van der Waals surface area contributed by atoms with Gasteiger partial charge in [-0.2, -0.15) is 0 Å². The predicted molar refractivity (Wildman–Crippen MR) is 42.9 cm³/mol. The molecule has 0 aliphatic heterocycles. The lowest BCUT2D eigenvalue weighted by atomic mass is 10.2. The third-order valence-corrected chi connectivity index (χ3v) is 1.46. The van der Waals surface area contributed by atoms with E-state index >= 15 is 0 Å². The number of nitrogen functional groups attached to an aromatic ring is 1. The second-order valence-electron chi connectivity index (χ2n) is 2.58. The summed E-state index contributed by atoms with van der Waals surface area (Å²) in [6.45, 7) is 0. The molecule has 0 spiro atoms. The Morgan fingerprint density at radius 3 is 2.40 bits per heavy atom. The standard InChI is InChI=1S/C8H5F4NO2/c9-6-1-4(13)2-7(5(6)3-14)15-8(10,11)12/h1-3H,13H2. The number of hydrogen-bond acceptors (Lipinski definition) is 3. The van der Waals surface area contributed by atoms with Crippen LogP contribution in [-0.4, -0.2) is 12.6 Å². The highest BCUT2D eigenvalue weighted by Gasteiger charge is 2.32. The first-order chi connectivity index (χ1) is 6.83. The molecule has 0 heterocycles. The van der Waals surface area contributed by atoms with Crippen LogP contribution in [0.25, 0.3) is 0 Å². The van der Waals surface area contributed by atoms with Gasteiger partial charge in [-0.15, -0.1) is 13.2 Å². The molecular weight excluding hydrogens is 218 g/mol. The molecular formula is C8H5F4NO2. The third-order valence-electron chi connectivity index (χ3n) is 1.46. The van der Waals surface area contributed by atoms with Crippen molar-refractivity contribution in [2.24, 2.45) is 0 Å². The molecule has 82 valence electrons. The van der Waals surface area contributed by atoms with Crippen molar-refractivity contribution in [2.45, 2.75) is 6.36 Å². The second-order valence-corrected chi connectivity index (χ2v) is 2.58. The smallest absolute Gasteiger partial charge is 0.405 e. The maximum absolute atomic E-state index is 12.9. The van der Waals surface area contributed by atoms with Crippen molar-refractivity contribution in [3.63, 3.8) is 0 Å². The summed E-state index contributed by atoms with van der Waals surface area (Å²) in [5.41, 5.74) is 4.01. The summed E-state index contributed by atoms with van der Waals surface area (Å²) >= 11 is 0. The Kier molecular flexibility index (Phi) is 2.83. The molecule has 15 heavy (non-hydrogen) atoms. The van der Waals surface area contributed by atoms with Gasteiger partial charge in [0.2, 0.25) is 0 Å². The highest BCUT2D eigenvalue weighted by molar-refractivity contribution is 5.81. The van der Waals surface area contributed by atoms with E-state index in [4.69, 9.17) is 5.73 Å². The molecule has 0 aliphatic carbocycles. The van der Waals surface area contributed by atoms with Crippen LogP contribution in [0.2, 0.25) is 0 Å². The average molecular weight is 223 g/mol. The molecule has 0 saturated heterocycles. The Bertz CT molecular complexity index is 389. The number of aldehydes is 1. The fourth-order valence-electron chi connectivity index (χ4n) is 0.936. The van der Waals surface area contributed by atoms with Gasteiger partial charge in [-0.25, -0.2) is 4.39 Å². The van der Waals surface area contributed by atoms with Crippen molar-refractivity contribution >= 4 is 12.0 Å². The van der Waals surface area contributed by atoms with Crippen molar-refractivity contribution in [2.75, 3.05) is 5.73 Å². The first-order valence-electron chi connectivity index (χ1n) is 3.63. The minimum Gasteiger partial charge on any atom is -0.405 e. The van der Waals surface area contributed by atoms with Gasteiger partial charge in [0.05, 0.1) is 5.56 Å². The van der Waals surface area contributed by atoms with E-state index in [0.29, 0.717) is 0 Å². The molecule has 3 nitrogen and oxygen atoms in total. The molecule has 1 aromatic carbocycles. The molecule has 0 saturated carbocycles. The highest BCUT2D eigenvalue weighted by atomic mass is 19.4. The summed E-state index contributed by atoms with van der Waals surface area (Å²) in [5.74, 6) is -2.11. The van der Waals surface area contributed by atoms with E-state index in [1.54, 1.807) is 0 Å². The number of halogens is 4. The van der Waals surface area contributed by atoms with E-state index in [0.717, 1.165) is 12.1 Å². The molecule has 0 radical (unpaired) electrons. The number of carbonyl (C=O) groups is 1. The van der Waals surface area contributed by atoms with E-state index in [-0.39, 0.29) is 12.0 Å². The van der Waals surface area contributed by atoms with Gasteiger partial charge in [0, 0.05) is 11.8 Å². The van der Waals surface area contributed by atoms with Crippen molar-refractivity contribution in [3.8, 4) is 5.75 Å². The first-order valence-corrected chi connectivity index (χ1v) is 3.63. The number of carbonyl (C=O) groups excluding carboxylic acids is 1. The van der Waals surface area contributed by atoms with Crippen LogP contribution in [0.5, 0.6) is 5.75 Å². The Labute approximate surface area is 81.4 Å². The van der Waals surface area contributed by atoms with Gasteiger partial charge in [-0.1, -0.05) is 0 Å². The maximum Gasteiger partial charge on any atom is 0.573 e. The summed E-state index contributed by atoms with van der Waals surface area (Å²) in [5, 5.41) is 0. The lowest BCUT2D eigenvalue weighted by Gasteiger charge is -2.11. The van der Waals surface area contributed by atoms with Crippen molar-refractivity contribution in [1.29, 1.82) is 0 Å². The van der Waals surface area contributed by atoms with Crippen LogP contribution < -0.4 is 10.5 Å². The van der Waals surface area contributed by atoms with E-state index in [1.807, 2.05) is 0 Å². The number of benzene rings is 1. The fraction of sp³-hybridized carbons (Fsp3) is 0.125. The topological polar surface area (TPSA) is 52.3 Å². The Morgan fingerprint density at radius 2 is 1.93 bits per heavy atom. The second kappa shape index (κ2) is 3.76. The van der Waals surface area contributed by atoms with E-state index in [9.17, 15) is 22.4 Å². The number of ether oxygens (including phenoxy) is 1. The molecule has 0 unspecified atom stereocenters. The zero-order valence-electron chi connectivity index (χ0n) is 7.14. The lowest BCUT2D eigenvalue weighted by molar-refractivity contribution is -0.274. The van der Waals surface area contributed by atoms with Crippen LogP contribution in [0.15, 0.2) is 12.1 Å². The summed E-state index contributed by atoms with van der Waals surface area (Å²) in [4.78, 5) is 10.3.